The maximum Gasteiger partial charge on any atom is 0.333 e. The SMILES string of the molecule is C=C(C)C(=O)CCCOCC(C)OCCOC(=O)C(=C)C.C=C(C)C(=O)Cl.CC(COCCO)OCCO. The summed E-state index contributed by atoms with van der Waals surface area (Å²) in [6.07, 6.45) is 1.02. The van der Waals surface area contributed by atoms with E-state index in [1.807, 2.05) is 13.8 Å². The van der Waals surface area contributed by atoms with Crippen molar-refractivity contribution in [1.82, 2.24) is 0 Å². The molecular weight excluding hydrogens is 520 g/mol. The van der Waals surface area contributed by atoms with E-state index < -0.39 is 11.2 Å². The van der Waals surface area contributed by atoms with Gasteiger partial charge in [0.1, 0.15) is 6.61 Å². The standard InChI is InChI=1S/C16H26O5.C7H16O4.C4H5ClO/c1-12(2)15(17)7-6-8-19-11-14(5)20-9-10-21-16(18)13(3)4;1-7(11-5-3-9)6-10-4-2-8;1-3(2)4(5)6/h14H,1,3,6-11H2,2,4-5H3;7-9H,2-6H2,1H3;1H2,2H3. The zero-order valence-electron chi connectivity index (χ0n) is 23.6. The first-order valence-electron chi connectivity index (χ1n) is 12.3. The summed E-state index contributed by atoms with van der Waals surface area (Å²) in [5, 5.41) is 16.3. The first-order valence-corrected chi connectivity index (χ1v) is 12.6. The topological polar surface area (TPSA) is 138 Å². The third kappa shape index (κ3) is 32.1. The highest BCUT2D eigenvalue weighted by Gasteiger charge is 2.06. The van der Waals surface area contributed by atoms with E-state index in [-0.39, 0.29) is 37.8 Å². The molecule has 0 aliphatic heterocycles. The fraction of sp³-hybridized carbons (Fsp3) is 0.667. The number of ether oxygens (including phenoxy) is 5. The molecule has 0 saturated carbocycles. The zero-order chi connectivity index (χ0) is 29.9. The molecular formula is C27H47ClO10. The number of carbonyl (C=O) groups excluding carboxylic acids is 3. The van der Waals surface area contributed by atoms with Crippen LogP contribution in [-0.2, 0) is 38.1 Å². The quantitative estimate of drug-likeness (QED) is 0.0977. The molecule has 0 radical (unpaired) electrons. The zero-order valence-corrected chi connectivity index (χ0v) is 24.3. The first kappa shape index (κ1) is 40.6. The summed E-state index contributed by atoms with van der Waals surface area (Å²) in [6, 6.07) is 0. The molecule has 2 N–H and O–H groups in total. The average molecular weight is 567 g/mol. The van der Waals surface area contributed by atoms with Crippen LogP contribution in [0.2, 0.25) is 0 Å². The first-order chi connectivity index (χ1) is 17.8. The monoisotopic (exact) mass is 566 g/mol. The lowest BCUT2D eigenvalue weighted by molar-refractivity contribution is -0.141. The number of Topliss-reactive ketones (excluding diaryl/α,β-unsaturated/α-hetero) is 1. The number of ketones is 1. The minimum absolute atomic E-state index is 0.0197. The van der Waals surface area contributed by atoms with Crippen LogP contribution in [0.1, 0.15) is 47.5 Å². The lowest BCUT2D eigenvalue weighted by Crippen LogP contribution is -2.20. The van der Waals surface area contributed by atoms with Crippen LogP contribution in [0.25, 0.3) is 0 Å². The molecule has 0 spiro atoms. The summed E-state index contributed by atoms with van der Waals surface area (Å²) < 4.78 is 25.8. The highest BCUT2D eigenvalue weighted by Crippen LogP contribution is 2.01. The number of hydrogen-bond donors (Lipinski definition) is 2. The lowest BCUT2D eigenvalue weighted by atomic mass is 10.1. The molecule has 0 fully saturated rings. The van der Waals surface area contributed by atoms with Gasteiger partial charge in [-0.2, -0.15) is 0 Å². The van der Waals surface area contributed by atoms with Crippen LogP contribution >= 0.6 is 11.6 Å². The number of halogens is 1. The smallest absolute Gasteiger partial charge is 0.333 e. The predicted octanol–water partition coefficient (Wildman–Crippen LogP) is 3.17. The van der Waals surface area contributed by atoms with E-state index in [9.17, 15) is 14.4 Å². The van der Waals surface area contributed by atoms with E-state index in [0.29, 0.717) is 69.2 Å². The van der Waals surface area contributed by atoms with E-state index in [0.717, 1.165) is 0 Å². The van der Waals surface area contributed by atoms with Crippen LogP contribution in [0, 0.1) is 0 Å². The maximum atomic E-state index is 11.3. The van der Waals surface area contributed by atoms with E-state index in [1.54, 1.807) is 20.8 Å². The van der Waals surface area contributed by atoms with E-state index in [4.69, 9.17) is 45.5 Å². The van der Waals surface area contributed by atoms with Crippen LogP contribution in [-0.4, -0.2) is 98.9 Å². The number of esters is 1. The summed E-state index contributed by atoms with van der Waals surface area (Å²) in [6.45, 7) is 21.6. The van der Waals surface area contributed by atoms with Gasteiger partial charge in [0.25, 0.3) is 0 Å². The van der Waals surface area contributed by atoms with Crippen LogP contribution in [0.4, 0.5) is 0 Å². The number of carbonyl (C=O) groups is 3. The summed E-state index contributed by atoms with van der Waals surface area (Å²) >= 11 is 4.87. The Hall–Kier alpha value is -1.92. The summed E-state index contributed by atoms with van der Waals surface area (Å²) in [5.74, 6) is -0.341. The van der Waals surface area contributed by atoms with Crippen molar-refractivity contribution in [1.29, 1.82) is 0 Å². The second-order valence-corrected chi connectivity index (χ2v) is 8.58. The van der Waals surface area contributed by atoms with Gasteiger partial charge in [-0.25, -0.2) is 4.79 Å². The van der Waals surface area contributed by atoms with Crippen molar-refractivity contribution in [2.75, 3.05) is 59.5 Å². The van der Waals surface area contributed by atoms with Gasteiger partial charge in [-0.05, 0) is 58.2 Å². The van der Waals surface area contributed by atoms with Crippen LogP contribution in [0.15, 0.2) is 36.5 Å². The van der Waals surface area contributed by atoms with Gasteiger partial charge in [-0.3, -0.25) is 9.59 Å². The Morgan fingerprint density at radius 1 is 0.737 bits per heavy atom. The van der Waals surface area contributed by atoms with Crippen molar-refractivity contribution in [3.63, 3.8) is 0 Å². The van der Waals surface area contributed by atoms with Crippen LogP contribution in [0.5, 0.6) is 0 Å². The second kappa shape index (κ2) is 28.1. The van der Waals surface area contributed by atoms with Crippen molar-refractivity contribution in [2.45, 2.75) is 59.7 Å². The fourth-order valence-electron chi connectivity index (χ4n) is 1.97. The molecule has 0 heterocycles. The Bertz CT molecular complexity index is 681. The second-order valence-electron chi connectivity index (χ2n) is 8.24. The molecule has 0 aromatic carbocycles. The third-order valence-corrected chi connectivity index (χ3v) is 4.33. The highest BCUT2D eigenvalue weighted by molar-refractivity contribution is 6.67. The van der Waals surface area contributed by atoms with Crippen LogP contribution in [0.3, 0.4) is 0 Å². The number of hydrogen-bond acceptors (Lipinski definition) is 10. The molecule has 0 rings (SSSR count). The molecule has 0 aromatic heterocycles. The van der Waals surface area contributed by atoms with Crippen LogP contribution < -0.4 is 0 Å². The molecule has 222 valence electrons. The fourth-order valence-corrected chi connectivity index (χ4v) is 1.97. The minimum atomic E-state index is -0.463. The minimum Gasteiger partial charge on any atom is -0.460 e. The maximum absolute atomic E-state index is 11.3. The van der Waals surface area contributed by atoms with Gasteiger partial charge in [-0.15, -0.1) is 0 Å². The normalized spacial score (nSPS) is 11.6. The van der Waals surface area contributed by atoms with Gasteiger partial charge in [0.2, 0.25) is 5.24 Å². The van der Waals surface area contributed by atoms with E-state index in [1.165, 1.54) is 0 Å². The van der Waals surface area contributed by atoms with Gasteiger partial charge in [0.05, 0.1) is 58.5 Å². The number of aliphatic hydroxyl groups is 2. The Kier molecular flexibility index (Phi) is 30.0. The van der Waals surface area contributed by atoms with Crippen molar-refractivity contribution >= 4 is 28.6 Å². The molecule has 0 amide bonds. The molecule has 0 saturated heterocycles. The average Bonchev–Trinajstić information content (AvgIpc) is 2.85. The van der Waals surface area contributed by atoms with Crippen molar-refractivity contribution in [3.05, 3.63) is 36.5 Å². The molecule has 2 atom stereocenters. The van der Waals surface area contributed by atoms with Crippen molar-refractivity contribution < 1.29 is 48.3 Å². The van der Waals surface area contributed by atoms with Gasteiger partial charge in [-0.1, -0.05) is 19.7 Å². The summed E-state index contributed by atoms with van der Waals surface area (Å²) in [7, 11) is 0. The number of aliphatic hydroxyl groups excluding tert-OH is 2. The highest BCUT2D eigenvalue weighted by atomic mass is 35.5. The van der Waals surface area contributed by atoms with Gasteiger partial charge in [0.15, 0.2) is 5.78 Å². The molecule has 0 aliphatic rings. The molecule has 2 unspecified atom stereocenters. The van der Waals surface area contributed by atoms with Gasteiger partial charge in [0, 0.05) is 24.2 Å². The molecule has 10 nitrogen and oxygen atoms in total. The van der Waals surface area contributed by atoms with Crippen molar-refractivity contribution in [2.24, 2.45) is 0 Å². The van der Waals surface area contributed by atoms with Gasteiger partial charge >= 0.3 is 5.97 Å². The number of rotatable bonds is 20. The van der Waals surface area contributed by atoms with E-state index in [2.05, 4.69) is 19.7 Å². The van der Waals surface area contributed by atoms with Gasteiger partial charge < -0.3 is 33.9 Å². The third-order valence-electron chi connectivity index (χ3n) is 4.01. The molecule has 0 bridgehead atoms. The molecule has 11 heteroatoms. The Morgan fingerprint density at radius 3 is 1.63 bits per heavy atom. The molecule has 0 aromatic rings. The predicted molar refractivity (Wildman–Crippen MR) is 147 cm³/mol. The Labute approximate surface area is 232 Å². The Balaban J connectivity index is -0.000000596. The lowest BCUT2D eigenvalue weighted by Gasteiger charge is -2.13. The summed E-state index contributed by atoms with van der Waals surface area (Å²) in [4.78, 5) is 32.2. The number of allylic oxidation sites excluding steroid dienone is 2. The van der Waals surface area contributed by atoms with E-state index >= 15 is 0 Å². The largest absolute Gasteiger partial charge is 0.460 e. The Morgan fingerprint density at radius 2 is 1.21 bits per heavy atom. The summed E-state index contributed by atoms with van der Waals surface area (Å²) in [5.41, 5.74) is 1.34. The van der Waals surface area contributed by atoms with Crippen molar-refractivity contribution in [3.8, 4) is 0 Å². The molecule has 0 aliphatic carbocycles. The molecule has 38 heavy (non-hydrogen) atoms.